The van der Waals surface area contributed by atoms with Gasteiger partial charge in [-0.15, -0.1) is 0 Å². The third kappa shape index (κ3) is 4.15. The fraction of sp³-hybridized carbons (Fsp3) is 0.632. The van der Waals surface area contributed by atoms with Crippen molar-refractivity contribution in [1.29, 1.82) is 0 Å². The lowest BCUT2D eigenvalue weighted by Gasteiger charge is -2.36. The number of amides is 1. The summed E-state index contributed by atoms with van der Waals surface area (Å²) in [5, 5.41) is 0. The molecule has 0 saturated carbocycles. The van der Waals surface area contributed by atoms with Gasteiger partial charge in [0.2, 0.25) is 0 Å². The molecular formula is C19H30N4O. The van der Waals surface area contributed by atoms with E-state index in [0.717, 1.165) is 57.7 Å². The lowest BCUT2D eigenvalue weighted by molar-refractivity contribution is 0.0619. The fourth-order valence-corrected chi connectivity index (χ4v) is 3.69. The van der Waals surface area contributed by atoms with Gasteiger partial charge in [-0.1, -0.05) is 12.1 Å². The number of likely N-dealkylation sites (tertiary alicyclic amines) is 1. The number of rotatable bonds is 3. The molecule has 0 aromatic heterocycles. The standard InChI is InChI=1S/C19H30N4O/c1-15-13-18(20)7-8-23(15)19(24)17-5-3-16(4-6-17)14-22-11-9-21(2)10-12-22/h3-6,15,18H,7-14,20H2,1-2H3/t15-,18+/m0/s1. The maximum Gasteiger partial charge on any atom is 0.254 e. The van der Waals surface area contributed by atoms with Crippen molar-refractivity contribution in [2.75, 3.05) is 39.8 Å². The summed E-state index contributed by atoms with van der Waals surface area (Å²) in [6.07, 6.45) is 1.80. The van der Waals surface area contributed by atoms with Crippen LogP contribution in [0.5, 0.6) is 0 Å². The summed E-state index contributed by atoms with van der Waals surface area (Å²) in [7, 11) is 2.17. The van der Waals surface area contributed by atoms with Gasteiger partial charge in [0.25, 0.3) is 5.91 Å². The molecule has 5 nitrogen and oxygen atoms in total. The zero-order valence-corrected chi connectivity index (χ0v) is 14.9. The molecule has 0 radical (unpaired) electrons. The molecule has 2 aliphatic heterocycles. The molecule has 2 N–H and O–H groups in total. The number of hydrogen-bond donors (Lipinski definition) is 1. The molecule has 0 spiro atoms. The number of nitrogens with two attached hydrogens (primary N) is 1. The lowest BCUT2D eigenvalue weighted by atomic mass is 9.98. The molecule has 24 heavy (non-hydrogen) atoms. The van der Waals surface area contributed by atoms with Gasteiger partial charge in [0, 0.05) is 56.9 Å². The Labute approximate surface area is 145 Å². The summed E-state index contributed by atoms with van der Waals surface area (Å²) >= 11 is 0. The molecule has 2 aliphatic rings. The van der Waals surface area contributed by atoms with E-state index in [1.54, 1.807) is 0 Å². The molecule has 5 heteroatoms. The minimum atomic E-state index is 0.139. The second-order valence-corrected chi connectivity index (χ2v) is 7.41. The third-order valence-electron chi connectivity index (χ3n) is 5.38. The van der Waals surface area contributed by atoms with Crippen LogP contribution in [0.2, 0.25) is 0 Å². The molecule has 0 bridgehead atoms. The van der Waals surface area contributed by atoms with Crippen LogP contribution < -0.4 is 5.73 Å². The molecule has 2 saturated heterocycles. The summed E-state index contributed by atoms with van der Waals surface area (Å²) < 4.78 is 0. The van der Waals surface area contributed by atoms with Crippen molar-refractivity contribution >= 4 is 5.91 Å². The Morgan fingerprint density at radius 2 is 1.79 bits per heavy atom. The average molecular weight is 330 g/mol. The zero-order chi connectivity index (χ0) is 17.1. The van der Waals surface area contributed by atoms with Crippen molar-refractivity contribution in [3.05, 3.63) is 35.4 Å². The Kier molecular flexibility index (Phi) is 5.54. The Morgan fingerprint density at radius 3 is 2.42 bits per heavy atom. The van der Waals surface area contributed by atoms with Crippen molar-refractivity contribution < 1.29 is 4.79 Å². The van der Waals surface area contributed by atoms with Crippen LogP contribution in [-0.2, 0) is 6.54 Å². The van der Waals surface area contributed by atoms with Gasteiger partial charge in [0.15, 0.2) is 0 Å². The van der Waals surface area contributed by atoms with Gasteiger partial charge in [-0.05, 0) is 44.5 Å². The van der Waals surface area contributed by atoms with Crippen LogP contribution in [0.4, 0.5) is 0 Å². The van der Waals surface area contributed by atoms with Gasteiger partial charge < -0.3 is 15.5 Å². The molecule has 0 aliphatic carbocycles. The summed E-state index contributed by atoms with van der Waals surface area (Å²) in [6, 6.07) is 8.63. The number of piperazine rings is 1. The SMILES string of the molecule is C[C@H]1C[C@H](N)CCN1C(=O)c1ccc(CN2CCN(C)CC2)cc1. The number of nitrogens with zero attached hydrogens (tertiary/aromatic N) is 3. The molecule has 3 rings (SSSR count). The first kappa shape index (κ1) is 17.4. The van der Waals surface area contributed by atoms with Crippen LogP contribution in [0.15, 0.2) is 24.3 Å². The van der Waals surface area contributed by atoms with E-state index in [1.807, 2.05) is 17.0 Å². The van der Waals surface area contributed by atoms with E-state index in [4.69, 9.17) is 5.73 Å². The highest BCUT2D eigenvalue weighted by atomic mass is 16.2. The van der Waals surface area contributed by atoms with Crippen LogP contribution in [0.25, 0.3) is 0 Å². The number of benzene rings is 1. The minimum absolute atomic E-state index is 0.139. The average Bonchev–Trinajstić information content (AvgIpc) is 2.57. The predicted molar refractivity (Wildman–Crippen MR) is 96.9 cm³/mol. The predicted octanol–water partition coefficient (Wildman–Crippen LogP) is 1.39. The molecule has 0 unspecified atom stereocenters. The topological polar surface area (TPSA) is 52.8 Å². The van der Waals surface area contributed by atoms with Crippen molar-refractivity contribution in [2.24, 2.45) is 5.73 Å². The monoisotopic (exact) mass is 330 g/mol. The summed E-state index contributed by atoms with van der Waals surface area (Å²) in [5.41, 5.74) is 8.07. The highest BCUT2D eigenvalue weighted by molar-refractivity contribution is 5.94. The van der Waals surface area contributed by atoms with Crippen LogP contribution >= 0.6 is 0 Å². The summed E-state index contributed by atoms with van der Waals surface area (Å²) in [5.74, 6) is 0.139. The Hall–Kier alpha value is -1.43. The Morgan fingerprint density at radius 1 is 1.12 bits per heavy atom. The molecule has 1 aromatic rings. The largest absolute Gasteiger partial charge is 0.336 e. The second kappa shape index (κ2) is 7.64. The van der Waals surface area contributed by atoms with E-state index in [1.165, 1.54) is 5.56 Å². The lowest BCUT2D eigenvalue weighted by Crippen LogP contribution is -2.48. The number of carbonyl (C=O) groups excluding carboxylic acids is 1. The smallest absolute Gasteiger partial charge is 0.254 e. The normalized spacial score (nSPS) is 26.5. The molecule has 132 valence electrons. The van der Waals surface area contributed by atoms with Crippen molar-refractivity contribution in [3.63, 3.8) is 0 Å². The van der Waals surface area contributed by atoms with Gasteiger partial charge in [0.1, 0.15) is 0 Å². The maximum absolute atomic E-state index is 12.7. The molecule has 2 atom stereocenters. The second-order valence-electron chi connectivity index (χ2n) is 7.41. The summed E-state index contributed by atoms with van der Waals surface area (Å²) in [4.78, 5) is 19.5. The van der Waals surface area contributed by atoms with Crippen LogP contribution in [0.1, 0.15) is 35.7 Å². The van der Waals surface area contributed by atoms with E-state index < -0.39 is 0 Å². The van der Waals surface area contributed by atoms with Gasteiger partial charge in [0.05, 0.1) is 0 Å². The molecule has 1 amide bonds. The fourth-order valence-electron chi connectivity index (χ4n) is 3.69. The number of likely N-dealkylation sites (N-methyl/N-ethyl adjacent to an activating group) is 1. The highest BCUT2D eigenvalue weighted by Crippen LogP contribution is 2.19. The van der Waals surface area contributed by atoms with Crippen LogP contribution in [-0.4, -0.2) is 72.5 Å². The molecule has 1 aromatic carbocycles. The number of piperidine rings is 1. The van der Waals surface area contributed by atoms with E-state index in [2.05, 4.69) is 35.9 Å². The van der Waals surface area contributed by atoms with Crippen molar-refractivity contribution in [1.82, 2.24) is 14.7 Å². The molecule has 2 fully saturated rings. The number of carbonyl (C=O) groups is 1. The van der Waals surface area contributed by atoms with Gasteiger partial charge in [-0.3, -0.25) is 9.69 Å². The first-order chi connectivity index (χ1) is 11.5. The van der Waals surface area contributed by atoms with Crippen molar-refractivity contribution in [2.45, 2.75) is 38.4 Å². The quantitative estimate of drug-likeness (QED) is 0.910. The number of hydrogen-bond acceptors (Lipinski definition) is 4. The Balaban J connectivity index is 1.58. The molecule has 2 heterocycles. The zero-order valence-electron chi connectivity index (χ0n) is 14.9. The highest BCUT2D eigenvalue weighted by Gasteiger charge is 2.27. The van der Waals surface area contributed by atoms with E-state index in [0.29, 0.717) is 0 Å². The first-order valence-corrected chi connectivity index (χ1v) is 9.09. The van der Waals surface area contributed by atoms with E-state index in [9.17, 15) is 4.79 Å². The first-order valence-electron chi connectivity index (χ1n) is 9.09. The van der Waals surface area contributed by atoms with Gasteiger partial charge >= 0.3 is 0 Å². The van der Waals surface area contributed by atoms with E-state index in [-0.39, 0.29) is 18.0 Å². The maximum atomic E-state index is 12.7. The minimum Gasteiger partial charge on any atom is -0.336 e. The summed E-state index contributed by atoms with van der Waals surface area (Å²) in [6.45, 7) is 8.32. The van der Waals surface area contributed by atoms with Crippen LogP contribution in [0, 0.1) is 0 Å². The van der Waals surface area contributed by atoms with E-state index >= 15 is 0 Å². The van der Waals surface area contributed by atoms with Gasteiger partial charge in [-0.25, -0.2) is 0 Å². The third-order valence-corrected chi connectivity index (χ3v) is 5.38. The Bertz CT molecular complexity index is 551. The van der Waals surface area contributed by atoms with Crippen molar-refractivity contribution in [3.8, 4) is 0 Å². The molecular weight excluding hydrogens is 300 g/mol. The van der Waals surface area contributed by atoms with Gasteiger partial charge in [-0.2, -0.15) is 0 Å². The van der Waals surface area contributed by atoms with Crippen LogP contribution in [0.3, 0.4) is 0 Å².